The highest BCUT2D eigenvalue weighted by Crippen LogP contribution is 2.18. The largest absolute Gasteiger partial charge is 0.450 e. The quantitative estimate of drug-likeness (QED) is 0.674. The van der Waals surface area contributed by atoms with E-state index in [2.05, 4.69) is 20.6 Å². The molecule has 9 nitrogen and oxygen atoms in total. The lowest BCUT2D eigenvalue weighted by Crippen LogP contribution is -2.16. The standard InChI is InChI=1S/C13H15N5O4S2/c1-2-22-13(21)18-12-16-8(6-24-12)4-10(20)17-11-15-7(5-23-11)3-9(14)19/h5-6H,2-4H2,1H3,(H2,14,19)(H,15,17,20)(H,16,18,21). The molecule has 0 saturated heterocycles. The third-order valence-corrected chi connectivity index (χ3v) is 4.14. The zero-order chi connectivity index (χ0) is 17.5. The molecule has 0 spiro atoms. The van der Waals surface area contributed by atoms with Gasteiger partial charge in [-0.2, -0.15) is 0 Å². The number of rotatable bonds is 7. The second-order valence-corrected chi connectivity index (χ2v) is 6.22. The summed E-state index contributed by atoms with van der Waals surface area (Å²) in [5.74, 6) is -0.787. The number of thiazole rings is 2. The van der Waals surface area contributed by atoms with Crippen molar-refractivity contribution in [2.24, 2.45) is 5.73 Å². The van der Waals surface area contributed by atoms with Crippen LogP contribution in [0, 0.1) is 0 Å². The van der Waals surface area contributed by atoms with Crippen LogP contribution >= 0.6 is 22.7 Å². The maximum absolute atomic E-state index is 12.0. The molecule has 0 unspecified atom stereocenters. The van der Waals surface area contributed by atoms with Gasteiger partial charge in [0.1, 0.15) is 0 Å². The predicted molar refractivity (Wildman–Crippen MR) is 90.1 cm³/mol. The number of ether oxygens (including phenoxy) is 1. The predicted octanol–water partition coefficient (Wildman–Crippen LogP) is 1.38. The van der Waals surface area contributed by atoms with Crippen LogP contribution in [0.25, 0.3) is 0 Å². The van der Waals surface area contributed by atoms with E-state index >= 15 is 0 Å². The van der Waals surface area contributed by atoms with Crippen molar-refractivity contribution in [1.82, 2.24) is 9.97 Å². The van der Waals surface area contributed by atoms with Crippen molar-refractivity contribution in [3.05, 3.63) is 22.1 Å². The van der Waals surface area contributed by atoms with Gasteiger partial charge in [0.25, 0.3) is 0 Å². The number of amides is 3. The van der Waals surface area contributed by atoms with Gasteiger partial charge < -0.3 is 15.8 Å². The minimum Gasteiger partial charge on any atom is -0.450 e. The highest BCUT2D eigenvalue weighted by molar-refractivity contribution is 7.14. The molecule has 2 aromatic heterocycles. The van der Waals surface area contributed by atoms with Crippen molar-refractivity contribution in [1.29, 1.82) is 0 Å². The minimum absolute atomic E-state index is 0.0291. The maximum atomic E-state index is 12.0. The van der Waals surface area contributed by atoms with Gasteiger partial charge in [-0.25, -0.2) is 14.8 Å². The number of hydrogen-bond acceptors (Lipinski definition) is 8. The average Bonchev–Trinajstić information content (AvgIpc) is 3.08. The number of nitrogens with one attached hydrogen (secondary N) is 2. The molecule has 0 bridgehead atoms. The summed E-state index contributed by atoms with van der Waals surface area (Å²) in [6, 6.07) is 0. The Hall–Kier alpha value is -2.53. The zero-order valence-corrected chi connectivity index (χ0v) is 14.3. The number of nitrogens with zero attached hydrogens (tertiary/aromatic N) is 2. The normalized spacial score (nSPS) is 10.2. The summed E-state index contributed by atoms with van der Waals surface area (Å²) in [5.41, 5.74) is 6.11. The van der Waals surface area contributed by atoms with Crippen molar-refractivity contribution in [2.45, 2.75) is 19.8 Å². The number of aromatic nitrogens is 2. The van der Waals surface area contributed by atoms with Crippen molar-refractivity contribution in [3.8, 4) is 0 Å². The zero-order valence-electron chi connectivity index (χ0n) is 12.7. The van der Waals surface area contributed by atoms with Gasteiger partial charge in [-0.1, -0.05) is 0 Å². The minimum atomic E-state index is -0.590. The topological polar surface area (TPSA) is 136 Å². The second kappa shape index (κ2) is 8.36. The van der Waals surface area contributed by atoms with Crippen molar-refractivity contribution < 1.29 is 19.1 Å². The van der Waals surface area contributed by atoms with Crippen molar-refractivity contribution >= 4 is 50.8 Å². The Morgan fingerprint density at radius 3 is 2.25 bits per heavy atom. The number of carbonyl (C=O) groups is 3. The highest BCUT2D eigenvalue weighted by atomic mass is 32.1. The summed E-state index contributed by atoms with van der Waals surface area (Å²) in [6.07, 6.45) is -0.528. The molecular formula is C13H15N5O4S2. The molecular weight excluding hydrogens is 354 g/mol. The van der Waals surface area contributed by atoms with E-state index in [0.717, 1.165) is 0 Å². The molecule has 3 amide bonds. The second-order valence-electron chi connectivity index (χ2n) is 4.50. The molecule has 11 heteroatoms. The Morgan fingerprint density at radius 2 is 1.67 bits per heavy atom. The molecule has 0 saturated carbocycles. The molecule has 128 valence electrons. The van der Waals surface area contributed by atoms with Crippen LogP contribution in [0.5, 0.6) is 0 Å². The fourth-order valence-corrected chi connectivity index (χ4v) is 3.07. The van der Waals surface area contributed by atoms with E-state index in [0.29, 0.717) is 21.7 Å². The number of carbonyl (C=O) groups excluding carboxylic acids is 3. The van der Waals surface area contributed by atoms with Crippen LogP contribution in [0.1, 0.15) is 18.3 Å². The fraction of sp³-hybridized carbons (Fsp3) is 0.308. The van der Waals surface area contributed by atoms with Crippen LogP contribution in [-0.4, -0.2) is 34.5 Å². The lowest BCUT2D eigenvalue weighted by Gasteiger charge is -2.01. The van der Waals surface area contributed by atoms with Crippen molar-refractivity contribution in [3.63, 3.8) is 0 Å². The maximum Gasteiger partial charge on any atom is 0.413 e. The monoisotopic (exact) mass is 369 g/mol. The first-order valence-corrected chi connectivity index (χ1v) is 8.63. The summed E-state index contributed by atoms with van der Waals surface area (Å²) in [4.78, 5) is 42.3. The lowest BCUT2D eigenvalue weighted by molar-refractivity contribution is -0.117. The Morgan fingerprint density at radius 1 is 1.08 bits per heavy atom. The molecule has 0 aliphatic heterocycles. The van der Waals surface area contributed by atoms with Crippen LogP contribution in [0.15, 0.2) is 10.8 Å². The highest BCUT2D eigenvalue weighted by Gasteiger charge is 2.12. The van der Waals surface area contributed by atoms with E-state index in [1.54, 1.807) is 17.7 Å². The molecule has 0 atom stereocenters. The van der Waals surface area contributed by atoms with Crippen LogP contribution in [0.4, 0.5) is 15.1 Å². The van der Waals surface area contributed by atoms with E-state index in [4.69, 9.17) is 10.5 Å². The first kappa shape index (κ1) is 17.8. The van der Waals surface area contributed by atoms with E-state index in [1.165, 1.54) is 22.7 Å². The number of nitrogens with two attached hydrogens (primary N) is 1. The number of anilines is 2. The molecule has 24 heavy (non-hydrogen) atoms. The number of hydrogen-bond donors (Lipinski definition) is 3. The van der Waals surface area contributed by atoms with E-state index in [9.17, 15) is 14.4 Å². The Kier molecular flexibility index (Phi) is 6.21. The van der Waals surface area contributed by atoms with Gasteiger partial charge in [0.2, 0.25) is 11.8 Å². The molecule has 0 aromatic carbocycles. The van der Waals surface area contributed by atoms with Gasteiger partial charge in [0.05, 0.1) is 30.8 Å². The molecule has 0 aliphatic carbocycles. The van der Waals surface area contributed by atoms with E-state index in [1.807, 2.05) is 0 Å². The van der Waals surface area contributed by atoms with E-state index < -0.39 is 12.0 Å². The summed E-state index contributed by atoms with van der Waals surface area (Å²) < 4.78 is 4.74. The first-order chi connectivity index (χ1) is 11.5. The lowest BCUT2D eigenvalue weighted by atomic mass is 10.3. The summed E-state index contributed by atoms with van der Waals surface area (Å²) in [6.45, 7) is 1.96. The van der Waals surface area contributed by atoms with Gasteiger partial charge in [-0.05, 0) is 6.92 Å². The Bertz CT molecular complexity index is 742. The smallest absolute Gasteiger partial charge is 0.413 e. The van der Waals surface area contributed by atoms with Crippen molar-refractivity contribution in [2.75, 3.05) is 17.2 Å². The molecule has 2 heterocycles. The SMILES string of the molecule is CCOC(=O)Nc1nc(CC(=O)Nc2nc(CC(N)=O)cs2)cs1. The average molecular weight is 369 g/mol. The van der Waals surface area contributed by atoms with Gasteiger partial charge in [-0.15, -0.1) is 22.7 Å². The third kappa shape index (κ3) is 5.59. The first-order valence-electron chi connectivity index (χ1n) is 6.87. The summed E-state index contributed by atoms with van der Waals surface area (Å²) >= 11 is 2.40. The molecule has 2 rings (SSSR count). The van der Waals surface area contributed by atoms with Gasteiger partial charge in [-0.3, -0.25) is 14.9 Å². The van der Waals surface area contributed by atoms with Crippen LogP contribution in [-0.2, 0) is 27.2 Å². The third-order valence-electron chi connectivity index (χ3n) is 2.53. The van der Waals surface area contributed by atoms with Gasteiger partial charge in [0.15, 0.2) is 10.3 Å². The van der Waals surface area contributed by atoms with Crippen LogP contribution in [0.3, 0.4) is 0 Å². The van der Waals surface area contributed by atoms with Crippen LogP contribution < -0.4 is 16.4 Å². The Balaban J connectivity index is 1.86. The molecule has 0 radical (unpaired) electrons. The number of primary amides is 1. The van der Waals surface area contributed by atoms with Crippen LogP contribution in [0.2, 0.25) is 0 Å². The molecule has 4 N–H and O–H groups in total. The Labute approximate surface area is 145 Å². The van der Waals surface area contributed by atoms with E-state index in [-0.39, 0.29) is 25.4 Å². The van der Waals surface area contributed by atoms with Gasteiger partial charge >= 0.3 is 6.09 Å². The molecule has 0 aliphatic rings. The molecule has 0 fully saturated rings. The summed E-state index contributed by atoms with van der Waals surface area (Å²) in [5, 5.41) is 9.16. The fourth-order valence-electron chi connectivity index (χ4n) is 1.65. The van der Waals surface area contributed by atoms with Gasteiger partial charge in [0, 0.05) is 10.8 Å². The molecule has 2 aromatic rings. The summed E-state index contributed by atoms with van der Waals surface area (Å²) in [7, 11) is 0.